The van der Waals surface area contributed by atoms with Crippen molar-refractivity contribution in [2.75, 3.05) is 26.2 Å². The van der Waals surface area contributed by atoms with Crippen LogP contribution < -0.4 is 10.6 Å². The quantitative estimate of drug-likeness (QED) is 0.0950. The molecule has 32 heavy (non-hydrogen) atoms. The molecular weight excluding hydrogens is 470 g/mol. The molecule has 0 saturated heterocycles. The van der Waals surface area contributed by atoms with Gasteiger partial charge in [-0.2, -0.15) is 0 Å². The molecule has 0 bridgehead atoms. The molecule has 0 aromatic heterocycles. The maximum absolute atomic E-state index is 13.7. The zero-order chi connectivity index (χ0) is 25.3. The fourth-order valence-corrected chi connectivity index (χ4v) is 1.83. The Morgan fingerprint density at radius 1 is 0.625 bits per heavy atom. The number of rotatable bonds is 17. The van der Waals surface area contributed by atoms with Crippen molar-refractivity contribution in [3.05, 3.63) is 60.7 Å². The minimum absolute atomic E-state index is 1.15. The standard InChI is InChI=1S/C8H12F2N8O14/c9-7(13(19)20,14(21)22)3-11-1-5(31-17(27)28)6(32-18(29)30)2-12-4-8(10,15(23)24)16(25)26/h5-6,11-12H,1-4H2/t5-,6-/m0/s1. The summed E-state index contributed by atoms with van der Waals surface area (Å²) in [5.41, 5.74) is 0. The van der Waals surface area contributed by atoms with Crippen LogP contribution in [0.25, 0.3) is 0 Å². The van der Waals surface area contributed by atoms with Gasteiger partial charge < -0.3 is 9.68 Å². The van der Waals surface area contributed by atoms with Crippen molar-refractivity contribution < 1.29 is 48.3 Å². The van der Waals surface area contributed by atoms with E-state index in [1.54, 1.807) is 10.6 Å². The zero-order valence-electron chi connectivity index (χ0n) is 15.1. The van der Waals surface area contributed by atoms with E-state index in [2.05, 4.69) is 9.68 Å². The smallest absolute Gasteiger partial charge is 0.307 e. The predicted molar refractivity (Wildman–Crippen MR) is 85.1 cm³/mol. The van der Waals surface area contributed by atoms with E-state index in [0.29, 0.717) is 0 Å². The highest BCUT2D eigenvalue weighted by atomic mass is 19.2. The molecule has 0 aliphatic carbocycles. The Labute approximate surface area is 171 Å². The Morgan fingerprint density at radius 2 is 0.875 bits per heavy atom. The van der Waals surface area contributed by atoms with E-state index in [4.69, 9.17) is 0 Å². The van der Waals surface area contributed by atoms with Crippen LogP contribution in [0.15, 0.2) is 0 Å². The van der Waals surface area contributed by atoms with Crippen LogP contribution in [0.1, 0.15) is 0 Å². The predicted octanol–water partition coefficient (Wildman–Crippen LogP) is -2.33. The summed E-state index contributed by atoms with van der Waals surface area (Å²) in [5, 5.41) is 63.3. The minimum Gasteiger partial charge on any atom is -0.307 e. The molecule has 24 heteroatoms. The fourth-order valence-electron chi connectivity index (χ4n) is 1.83. The van der Waals surface area contributed by atoms with Crippen molar-refractivity contribution in [3.63, 3.8) is 0 Å². The maximum atomic E-state index is 13.7. The number of nitrogens with one attached hydrogen (secondary N) is 2. The summed E-state index contributed by atoms with van der Waals surface area (Å²) < 4.78 is 27.4. The minimum atomic E-state index is -4.30. The molecule has 0 spiro atoms. The van der Waals surface area contributed by atoms with Crippen LogP contribution in [0.3, 0.4) is 0 Å². The summed E-state index contributed by atoms with van der Waals surface area (Å²) in [7, 11) is 0. The second-order valence-corrected chi connectivity index (χ2v) is 5.46. The molecule has 0 aromatic carbocycles. The van der Waals surface area contributed by atoms with E-state index in [1.165, 1.54) is 0 Å². The van der Waals surface area contributed by atoms with Crippen molar-refractivity contribution in [2.24, 2.45) is 0 Å². The van der Waals surface area contributed by atoms with Gasteiger partial charge >= 0.3 is 11.8 Å². The number of hydrogen-bond donors (Lipinski definition) is 2. The first kappa shape index (κ1) is 27.8. The molecule has 0 aromatic rings. The first-order valence-corrected chi connectivity index (χ1v) is 7.57. The molecule has 22 nitrogen and oxygen atoms in total. The molecule has 0 heterocycles. The number of alkyl halides is 2. The van der Waals surface area contributed by atoms with Gasteiger partial charge in [0.1, 0.15) is 31.9 Å². The third-order valence-electron chi connectivity index (χ3n) is 3.37. The lowest BCUT2D eigenvalue weighted by atomic mass is 10.2. The van der Waals surface area contributed by atoms with E-state index >= 15 is 0 Å². The van der Waals surface area contributed by atoms with Crippen molar-refractivity contribution >= 4 is 0 Å². The molecule has 2 atom stereocenters. The topological polar surface area (TPSA) is 301 Å². The molecule has 0 saturated carbocycles. The number of nitrogens with zero attached hydrogens (tertiary/aromatic N) is 6. The molecule has 0 unspecified atom stereocenters. The highest BCUT2D eigenvalue weighted by molar-refractivity contribution is 4.76. The van der Waals surface area contributed by atoms with Crippen molar-refractivity contribution in [1.82, 2.24) is 10.6 Å². The molecule has 0 radical (unpaired) electrons. The summed E-state index contributed by atoms with van der Waals surface area (Å²) >= 11 is 0. The van der Waals surface area contributed by atoms with Gasteiger partial charge in [-0.25, -0.2) is 0 Å². The monoisotopic (exact) mass is 482 g/mol. The number of nitro groups is 4. The van der Waals surface area contributed by atoms with Crippen molar-refractivity contribution in [2.45, 2.75) is 24.0 Å². The van der Waals surface area contributed by atoms with Gasteiger partial charge in [0.15, 0.2) is 13.1 Å². The maximum Gasteiger partial charge on any atom is 0.626 e. The highest BCUT2D eigenvalue weighted by Crippen LogP contribution is 2.14. The van der Waals surface area contributed by atoms with Gasteiger partial charge in [-0.3, -0.25) is 51.1 Å². The molecule has 0 aliphatic heterocycles. The fraction of sp³-hybridized carbons (Fsp3) is 1.00. The second kappa shape index (κ2) is 11.2. The second-order valence-electron chi connectivity index (χ2n) is 5.46. The molecule has 0 amide bonds. The molecule has 2 N–H and O–H groups in total. The number of halogens is 2. The van der Waals surface area contributed by atoms with Crippen molar-refractivity contribution in [3.8, 4) is 0 Å². The summed E-state index contributed by atoms with van der Waals surface area (Å²) in [6, 6.07) is 0. The summed E-state index contributed by atoms with van der Waals surface area (Å²) in [6.07, 6.45) is -4.41. The third-order valence-corrected chi connectivity index (χ3v) is 3.37. The van der Waals surface area contributed by atoms with Crippen LogP contribution in [0.2, 0.25) is 0 Å². The normalized spacial score (nSPS) is 13.4. The average molecular weight is 482 g/mol. The van der Waals surface area contributed by atoms with Crippen molar-refractivity contribution in [1.29, 1.82) is 0 Å². The van der Waals surface area contributed by atoms with Crippen LogP contribution in [-0.2, 0) is 9.68 Å². The third kappa shape index (κ3) is 7.55. The lowest BCUT2D eigenvalue weighted by molar-refractivity contribution is -0.829. The van der Waals surface area contributed by atoms with Crippen LogP contribution in [0.4, 0.5) is 8.78 Å². The van der Waals surface area contributed by atoms with Gasteiger partial charge in [0.25, 0.3) is 10.2 Å². The lowest BCUT2D eigenvalue weighted by Crippen LogP contribution is -2.55. The van der Waals surface area contributed by atoms with E-state index in [0.717, 1.165) is 0 Å². The Hall–Kier alpha value is -4.22. The Bertz CT molecular complexity index is 677. The average Bonchev–Trinajstić information content (AvgIpc) is 2.64. The van der Waals surface area contributed by atoms with E-state index < -0.39 is 80.1 Å². The molecule has 182 valence electrons. The molecule has 0 aliphatic rings. The Kier molecular flexibility index (Phi) is 9.76. The summed E-state index contributed by atoms with van der Waals surface area (Å²) in [5.74, 6) is -8.61. The van der Waals surface area contributed by atoms with E-state index in [9.17, 15) is 69.5 Å². The largest absolute Gasteiger partial charge is 0.626 e. The Balaban J connectivity index is 5.45. The van der Waals surface area contributed by atoms with Gasteiger partial charge in [0, 0.05) is 13.1 Å². The van der Waals surface area contributed by atoms with E-state index in [1.807, 2.05) is 0 Å². The van der Waals surface area contributed by atoms with Crippen LogP contribution in [0.5, 0.6) is 0 Å². The van der Waals surface area contributed by atoms with Crippen LogP contribution in [-0.4, -0.2) is 80.1 Å². The van der Waals surface area contributed by atoms with Gasteiger partial charge in [-0.05, 0) is 0 Å². The summed E-state index contributed by atoms with van der Waals surface area (Å²) in [4.78, 5) is 63.2. The van der Waals surface area contributed by atoms with Gasteiger partial charge in [0.05, 0.1) is 0 Å². The zero-order valence-corrected chi connectivity index (χ0v) is 15.1. The SMILES string of the molecule is O=[N+]([O-])O[C@@H](CNCC(F)([N+](=O)[O-])[N+](=O)[O-])[C@H](CNCC(F)([N+](=O)[O-])[N+](=O)[O-])O[N+](=O)[O-]. The number of hydrogen-bond acceptors (Lipinski definition) is 16. The van der Waals surface area contributed by atoms with Crippen LogP contribution in [0, 0.1) is 60.7 Å². The molecule has 0 fully saturated rings. The first-order chi connectivity index (χ1) is 14.6. The van der Waals surface area contributed by atoms with Crippen LogP contribution >= 0.6 is 0 Å². The van der Waals surface area contributed by atoms with Gasteiger partial charge in [0.2, 0.25) is 0 Å². The first-order valence-electron chi connectivity index (χ1n) is 7.57. The van der Waals surface area contributed by atoms with E-state index in [-0.39, 0.29) is 0 Å². The Morgan fingerprint density at radius 3 is 1.06 bits per heavy atom. The molecule has 0 rings (SSSR count). The van der Waals surface area contributed by atoms with Gasteiger partial charge in [-0.15, -0.1) is 20.2 Å². The lowest BCUT2D eigenvalue weighted by Gasteiger charge is -2.24. The highest BCUT2D eigenvalue weighted by Gasteiger charge is 2.58. The summed E-state index contributed by atoms with van der Waals surface area (Å²) in [6.45, 7) is -5.72. The molecular formula is C8H12F2N8O14. The van der Waals surface area contributed by atoms with Gasteiger partial charge in [-0.1, -0.05) is 8.78 Å².